The molecule has 0 radical (unpaired) electrons. The molecule has 3 aromatic rings. The van der Waals surface area contributed by atoms with Crippen LogP contribution in [-0.4, -0.2) is 27.1 Å². The van der Waals surface area contributed by atoms with Crippen LogP contribution >= 0.6 is 11.8 Å². The highest BCUT2D eigenvalue weighted by Gasteiger charge is 2.14. The molecule has 1 heterocycles. The van der Waals surface area contributed by atoms with Crippen LogP contribution in [-0.2, 0) is 22.7 Å². The first-order chi connectivity index (χ1) is 12.1. The summed E-state index contributed by atoms with van der Waals surface area (Å²) < 4.78 is 1.81. The SMILES string of the molecule is NC(=O)CSc1nc2ccccc2n1CC(=O)NCc1ccccc1. The van der Waals surface area contributed by atoms with Gasteiger partial charge in [0.1, 0.15) is 6.54 Å². The minimum atomic E-state index is -0.419. The largest absolute Gasteiger partial charge is 0.369 e. The van der Waals surface area contributed by atoms with E-state index < -0.39 is 5.91 Å². The Morgan fingerprint density at radius 3 is 2.56 bits per heavy atom. The number of fused-ring (bicyclic) bond motifs is 1. The van der Waals surface area contributed by atoms with Gasteiger partial charge >= 0.3 is 0 Å². The number of amides is 2. The number of benzene rings is 2. The molecule has 0 aliphatic rings. The third-order valence-corrected chi connectivity index (χ3v) is 4.60. The molecule has 2 amide bonds. The molecule has 0 aliphatic heterocycles. The van der Waals surface area contributed by atoms with E-state index in [0.29, 0.717) is 11.7 Å². The summed E-state index contributed by atoms with van der Waals surface area (Å²) in [4.78, 5) is 27.9. The number of carbonyl (C=O) groups is 2. The van der Waals surface area contributed by atoms with Crippen LogP contribution in [0.5, 0.6) is 0 Å². The van der Waals surface area contributed by atoms with E-state index in [2.05, 4.69) is 10.3 Å². The summed E-state index contributed by atoms with van der Waals surface area (Å²) in [6.45, 7) is 0.602. The van der Waals surface area contributed by atoms with Gasteiger partial charge in [-0.25, -0.2) is 4.98 Å². The van der Waals surface area contributed by atoms with Crippen LogP contribution < -0.4 is 11.1 Å². The fraction of sp³-hybridized carbons (Fsp3) is 0.167. The molecular weight excluding hydrogens is 336 g/mol. The maximum absolute atomic E-state index is 12.4. The van der Waals surface area contributed by atoms with Crippen molar-refractivity contribution in [3.05, 3.63) is 60.2 Å². The first kappa shape index (κ1) is 17.0. The summed E-state index contributed by atoms with van der Waals surface area (Å²) in [6.07, 6.45) is 0. The van der Waals surface area contributed by atoms with E-state index in [4.69, 9.17) is 5.73 Å². The average Bonchev–Trinajstić information content (AvgIpc) is 2.97. The maximum Gasteiger partial charge on any atom is 0.240 e. The monoisotopic (exact) mass is 354 g/mol. The number of primary amides is 1. The number of hydrogen-bond donors (Lipinski definition) is 2. The molecule has 3 rings (SSSR count). The van der Waals surface area contributed by atoms with Crippen molar-refractivity contribution in [1.29, 1.82) is 0 Å². The summed E-state index contributed by atoms with van der Waals surface area (Å²) in [6, 6.07) is 17.3. The Kier molecular flexibility index (Phi) is 5.35. The average molecular weight is 354 g/mol. The molecule has 0 saturated carbocycles. The Balaban J connectivity index is 1.75. The summed E-state index contributed by atoms with van der Waals surface area (Å²) in [7, 11) is 0. The highest BCUT2D eigenvalue weighted by Crippen LogP contribution is 2.23. The Hall–Kier alpha value is -2.80. The summed E-state index contributed by atoms with van der Waals surface area (Å²) in [5.41, 5.74) is 7.89. The molecule has 0 bridgehead atoms. The molecule has 7 heteroatoms. The molecule has 128 valence electrons. The van der Waals surface area contributed by atoms with Crippen molar-refractivity contribution in [2.45, 2.75) is 18.2 Å². The van der Waals surface area contributed by atoms with Crippen molar-refractivity contribution in [2.75, 3.05) is 5.75 Å². The van der Waals surface area contributed by atoms with Gasteiger partial charge in [-0.2, -0.15) is 0 Å². The maximum atomic E-state index is 12.4. The van der Waals surface area contributed by atoms with Gasteiger partial charge < -0.3 is 15.6 Å². The summed E-state index contributed by atoms with van der Waals surface area (Å²) in [5.74, 6) is -0.417. The number of nitrogens with zero attached hydrogens (tertiary/aromatic N) is 2. The summed E-state index contributed by atoms with van der Waals surface area (Å²) in [5, 5.41) is 3.51. The second kappa shape index (κ2) is 7.85. The molecule has 0 aliphatic carbocycles. The predicted molar refractivity (Wildman–Crippen MR) is 97.9 cm³/mol. The van der Waals surface area contributed by atoms with Gasteiger partial charge in [0.2, 0.25) is 11.8 Å². The van der Waals surface area contributed by atoms with E-state index in [1.807, 2.05) is 59.2 Å². The molecule has 1 aromatic heterocycles. The predicted octanol–water partition coefficient (Wildman–Crippen LogP) is 1.93. The minimum absolute atomic E-state index is 0.118. The van der Waals surface area contributed by atoms with Crippen molar-refractivity contribution >= 4 is 34.6 Å². The summed E-state index contributed by atoms with van der Waals surface area (Å²) >= 11 is 1.23. The number of hydrogen-bond acceptors (Lipinski definition) is 4. The van der Waals surface area contributed by atoms with Crippen LogP contribution in [0.2, 0.25) is 0 Å². The van der Waals surface area contributed by atoms with Crippen molar-refractivity contribution < 1.29 is 9.59 Å². The zero-order valence-corrected chi connectivity index (χ0v) is 14.3. The first-order valence-electron chi connectivity index (χ1n) is 7.80. The van der Waals surface area contributed by atoms with Crippen LogP contribution in [0.3, 0.4) is 0 Å². The molecule has 0 saturated heterocycles. The molecule has 25 heavy (non-hydrogen) atoms. The van der Waals surface area contributed by atoms with Gasteiger partial charge in [0.15, 0.2) is 5.16 Å². The first-order valence-corrected chi connectivity index (χ1v) is 8.79. The lowest BCUT2D eigenvalue weighted by Crippen LogP contribution is -2.27. The molecule has 0 spiro atoms. The normalized spacial score (nSPS) is 10.7. The van der Waals surface area contributed by atoms with Gasteiger partial charge in [0.05, 0.1) is 16.8 Å². The Labute approximate surface area is 149 Å². The number of nitrogens with one attached hydrogen (secondary N) is 1. The van der Waals surface area contributed by atoms with Crippen LogP contribution in [0.1, 0.15) is 5.56 Å². The Bertz CT molecular complexity index is 892. The zero-order valence-electron chi connectivity index (χ0n) is 13.5. The van der Waals surface area contributed by atoms with Crippen LogP contribution in [0, 0.1) is 0 Å². The van der Waals surface area contributed by atoms with Gasteiger partial charge in [0.25, 0.3) is 0 Å². The Morgan fingerprint density at radius 1 is 1.08 bits per heavy atom. The van der Waals surface area contributed by atoms with Gasteiger partial charge in [-0.1, -0.05) is 54.2 Å². The zero-order chi connectivity index (χ0) is 17.6. The van der Waals surface area contributed by atoms with Crippen molar-refractivity contribution in [1.82, 2.24) is 14.9 Å². The molecule has 2 aromatic carbocycles. The van der Waals surface area contributed by atoms with E-state index in [9.17, 15) is 9.59 Å². The second-order valence-electron chi connectivity index (χ2n) is 5.49. The van der Waals surface area contributed by atoms with Gasteiger partial charge in [0, 0.05) is 6.54 Å². The van der Waals surface area contributed by atoms with Crippen molar-refractivity contribution in [2.24, 2.45) is 5.73 Å². The topological polar surface area (TPSA) is 90.0 Å². The molecule has 0 unspecified atom stereocenters. The lowest BCUT2D eigenvalue weighted by molar-refractivity contribution is -0.121. The number of thioether (sulfide) groups is 1. The number of para-hydroxylation sites is 2. The van der Waals surface area contributed by atoms with Gasteiger partial charge in [-0.15, -0.1) is 0 Å². The highest BCUT2D eigenvalue weighted by atomic mass is 32.2. The van der Waals surface area contributed by atoms with Crippen LogP contribution in [0.4, 0.5) is 0 Å². The molecule has 0 atom stereocenters. The third-order valence-electron chi connectivity index (χ3n) is 3.60. The van der Waals surface area contributed by atoms with E-state index in [1.54, 1.807) is 0 Å². The van der Waals surface area contributed by atoms with E-state index in [1.165, 1.54) is 11.8 Å². The number of rotatable bonds is 7. The quantitative estimate of drug-likeness (QED) is 0.635. The standard InChI is InChI=1S/C18H18N4O2S/c19-16(23)12-25-18-21-14-8-4-5-9-15(14)22(18)11-17(24)20-10-13-6-2-1-3-7-13/h1-9H,10-12H2,(H2,19,23)(H,20,24). The van der Waals surface area contributed by atoms with E-state index in [0.717, 1.165) is 16.6 Å². The molecule has 0 fully saturated rings. The smallest absolute Gasteiger partial charge is 0.240 e. The van der Waals surface area contributed by atoms with Gasteiger partial charge in [-0.3, -0.25) is 9.59 Å². The van der Waals surface area contributed by atoms with Crippen molar-refractivity contribution in [3.63, 3.8) is 0 Å². The molecule has 3 N–H and O–H groups in total. The van der Waals surface area contributed by atoms with E-state index >= 15 is 0 Å². The Morgan fingerprint density at radius 2 is 1.80 bits per heavy atom. The lowest BCUT2D eigenvalue weighted by Gasteiger charge is -2.09. The highest BCUT2D eigenvalue weighted by molar-refractivity contribution is 7.99. The van der Waals surface area contributed by atoms with Crippen molar-refractivity contribution in [3.8, 4) is 0 Å². The third kappa shape index (κ3) is 4.39. The number of aromatic nitrogens is 2. The van der Waals surface area contributed by atoms with Gasteiger partial charge in [-0.05, 0) is 17.7 Å². The fourth-order valence-corrected chi connectivity index (χ4v) is 3.20. The van der Waals surface area contributed by atoms with Crippen LogP contribution in [0.25, 0.3) is 11.0 Å². The number of carbonyl (C=O) groups excluding carboxylic acids is 2. The molecular formula is C18H18N4O2S. The fourth-order valence-electron chi connectivity index (χ4n) is 2.45. The molecule has 6 nitrogen and oxygen atoms in total. The lowest BCUT2D eigenvalue weighted by atomic mass is 10.2. The number of imidazole rings is 1. The van der Waals surface area contributed by atoms with Crippen LogP contribution in [0.15, 0.2) is 59.8 Å². The second-order valence-corrected chi connectivity index (χ2v) is 6.43. The minimum Gasteiger partial charge on any atom is -0.369 e. The van der Waals surface area contributed by atoms with E-state index in [-0.39, 0.29) is 18.2 Å². The number of nitrogens with two attached hydrogens (primary N) is 1.